The van der Waals surface area contributed by atoms with Gasteiger partial charge in [0.25, 0.3) is 0 Å². The number of terminal acetylenes is 1. The highest BCUT2D eigenvalue weighted by atomic mass is 19.1. The first-order valence-corrected chi connectivity index (χ1v) is 17.2. The van der Waals surface area contributed by atoms with Crippen LogP contribution in [0.2, 0.25) is 0 Å². The minimum atomic E-state index is -0.974. The second kappa shape index (κ2) is 12.6. The second-order valence-corrected chi connectivity index (χ2v) is 13.8. The number of aromatic hydroxyl groups is 1. The first-order chi connectivity index (χ1) is 24.6. The molecular formula is C37H37F3N6O5. The van der Waals surface area contributed by atoms with E-state index in [1.54, 1.807) is 11.8 Å². The molecule has 2 aromatic carbocycles. The Morgan fingerprint density at radius 3 is 2.63 bits per heavy atom. The van der Waals surface area contributed by atoms with Crippen molar-refractivity contribution >= 4 is 33.6 Å². The summed E-state index contributed by atoms with van der Waals surface area (Å²) in [6, 6.07) is 4.83. The SMILES string of the molecule is C#Cc1c(F)ccc2cc(O)cc(-c3nc(OC)c4c(N5CC6CCC(C5)N6C(=O)OCC)nc(OC[C@@]56CCCN5C[C@H](F)C6)nc4c3F)c12. The Balaban J connectivity index is 1.30. The van der Waals surface area contributed by atoms with Crippen LogP contribution >= 0.6 is 0 Å². The van der Waals surface area contributed by atoms with E-state index in [1.807, 2.05) is 4.90 Å². The van der Waals surface area contributed by atoms with Crippen LogP contribution in [-0.2, 0) is 4.74 Å². The number of hydrogen-bond acceptors (Lipinski definition) is 10. The molecule has 14 heteroatoms. The van der Waals surface area contributed by atoms with E-state index < -0.39 is 23.3 Å². The Morgan fingerprint density at radius 2 is 1.90 bits per heavy atom. The number of anilines is 1. The molecule has 8 rings (SSSR count). The summed E-state index contributed by atoms with van der Waals surface area (Å²) in [5.41, 5.74) is -1.05. The van der Waals surface area contributed by atoms with E-state index in [9.17, 15) is 18.7 Å². The summed E-state index contributed by atoms with van der Waals surface area (Å²) < 4.78 is 64.2. The van der Waals surface area contributed by atoms with Crippen LogP contribution in [0.4, 0.5) is 23.8 Å². The van der Waals surface area contributed by atoms with Crippen molar-refractivity contribution in [3.05, 3.63) is 41.5 Å². The number of phenolic OH excluding ortho intramolecular Hbond substituents is 1. The molecule has 51 heavy (non-hydrogen) atoms. The van der Waals surface area contributed by atoms with E-state index in [0.717, 1.165) is 32.2 Å². The molecule has 1 amide bonds. The molecule has 4 aliphatic heterocycles. The Kier molecular flexibility index (Phi) is 8.21. The number of fused-ring (bicyclic) bond motifs is 5. The lowest BCUT2D eigenvalue weighted by atomic mass is 9.95. The number of piperazine rings is 1. The molecule has 2 bridgehead atoms. The molecule has 0 saturated carbocycles. The smallest absolute Gasteiger partial charge is 0.410 e. The number of alkyl halides is 1. The van der Waals surface area contributed by atoms with Crippen LogP contribution in [0.15, 0.2) is 24.3 Å². The van der Waals surface area contributed by atoms with Gasteiger partial charge in [-0.25, -0.2) is 22.9 Å². The normalized spacial score (nSPS) is 24.3. The van der Waals surface area contributed by atoms with Gasteiger partial charge in [0, 0.05) is 37.0 Å². The van der Waals surface area contributed by atoms with Crippen molar-refractivity contribution in [3.63, 3.8) is 0 Å². The molecule has 266 valence electrons. The van der Waals surface area contributed by atoms with E-state index >= 15 is 4.39 Å². The van der Waals surface area contributed by atoms with Crippen LogP contribution < -0.4 is 14.4 Å². The van der Waals surface area contributed by atoms with Crippen molar-refractivity contribution in [1.29, 1.82) is 0 Å². The molecule has 2 unspecified atom stereocenters. The fourth-order valence-electron chi connectivity index (χ4n) is 8.70. The largest absolute Gasteiger partial charge is 0.508 e. The summed E-state index contributed by atoms with van der Waals surface area (Å²) in [7, 11) is 1.38. The molecule has 2 aromatic heterocycles. The molecule has 4 saturated heterocycles. The minimum absolute atomic E-state index is 0.0186. The fraction of sp³-hybridized carbons (Fsp3) is 0.459. The number of carbonyl (C=O) groups excluding carboxylic acids is 1. The van der Waals surface area contributed by atoms with E-state index in [2.05, 4.69) is 20.8 Å². The van der Waals surface area contributed by atoms with Gasteiger partial charge in [-0.2, -0.15) is 9.97 Å². The molecule has 6 heterocycles. The quantitative estimate of drug-likeness (QED) is 0.245. The Bertz CT molecular complexity index is 2100. The number of amides is 1. The lowest BCUT2D eigenvalue weighted by Crippen LogP contribution is -2.56. The summed E-state index contributed by atoms with van der Waals surface area (Å²) in [6.45, 7) is 3.97. The number of pyridine rings is 1. The summed E-state index contributed by atoms with van der Waals surface area (Å²) in [6.07, 6.45) is 7.85. The van der Waals surface area contributed by atoms with Crippen molar-refractivity contribution in [2.75, 3.05) is 51.4 Å². The highest BCUT2D eigenvalue weighted by Gasteiger charge is 2.50. The van der Waals surface area contributed by atoms with Crippen molar-refractivity contribution < 1.29 is 37.3 Å². The first kappa shape index (κ1) is 33.1. The van der Waals surface area contributed by atoms with Crippen molar-refractivity contribution in [2.45, 2.75) is 62.8 Å². The molecular weight excluding hydrogens is 665 g/mol. The number of nitrogens with zero attached hydrogens (tertiary/aromatic N) is 6. The molecule has 4 aromatic rings. The van der Waals surface area contributed by atoms with Crippen LogP contribution in [-0.4, -0.2) is 106 Å². The zero-order chi connectivity index (χ0) is 35.6. The van der Waals surface area contributed by atoms with Gasteiger partial charge in [0.1, 0.15) is 46.8 Å². The maximum absolute atomic E-state index is 17.2. The van der Waals surface area contributed by atoms with Gasteiger partial charge >= 0.3 is 12.1 Å². The van der Waals surface area contributed by atoms with Crippen LogP contribution in [0.25, 0.3) is 32.9 Å². The topological polar surface area (TPSA) is 113 Å². The van der Waals surface area contributed by atoms with Crippen molar-refractivity contribution in [2.24, 2.45) is 0 Å². The predicted molar refractivity (Wildman–Crippen MR) is 183 cm³/mol. The number of aromatic nitrogens is 3. The third-order valence-electron chi connectivity index (χ3n) is 10.8. The molecule has 4 fully saturated rings. The fourth-order valence-corrected chi connectivity index (χ4v) is 8.70. The average molecular weight is 703 g/mol. The highest BCUT2D eigenvalue weighted by molar-refractivity contribution is 6.04. The van der Waals surface area contributed by atoms with Crippen molar-refractivity contribution in [1.82, 2.24) is 24.8 Å². The lowest BCUT2D eigenvalue weighted by molar-refractivity contribution is 0.0824. The molecule has 4 atom stereocenters. The standard InChI is InChI=1S/C37H37F3N6O5/c1-4-25-27(39)10-7-20-13-24(47)14-26(28(20)25)31-30(40)32-29(34(41-31)49-3)33(44-17-22-8-9-23(18-44)46(22)36(48)50-5-2)43-35(42-32)51-19-37-11-6-12-45(37)16-21(38)15-37/h1,7,10,13-14,21-23,47H,5-6,8-9,11-12,15-19H2,2-3H3/t21-,22?,23?,37+/m1/s1. The van der Waals surface area contributed by atoms with Gasteiger partial charge in [0.15, 0.2) is 5.82 Å². The molecule has 0 radical (unpaired) electrons. The second-order valence-electron chi connectivity index (χ2n) is 13.8. The lowest BCUT2D eigenvalue weighted by Gasteiger charge is -2.41. The third kappa shape index (κ3) is 5.40. The van der Waals surface area contributed by atoms with Crippen LogP contribution in [0.1, 0.15) is 44.6 Å². The first-order valence-electron chi connectivity index (χ1n) is 17.2. The monoisotopic (exact) mass is 702 g/mol. The van der Waals surface area contributed by atoms with Crippen LogP contribution in [0.5, 0.6) is 17.6 Å². The van der Waals surface area contributed by atoms with E-state index in [-0.39, 0.29) is 82.1 Å². The Labute approximate surface area is 292 Å². The summed E-state index contributed by atoms with van der Waals surface area (Å²) >= 11 is 0. The van der Waals surface area contributed by atoms with Gasteiger partial charge in [-0.1, -0.05) is 12.0 Å². The molecule has 1 N–H and O–H groups in total. The van der Waals surface area contributed by atoms with Gasteiger partial charge in [-0.3, -0.25) is 9.80 Å². The zero-order valence-electron chi connectivity index (χ0n) is 28.3. The summed E-state index contributed by atoms with van der Waals surface area (Å²) in [5, 5.41) is 11.4. The average Bonchev–Trinajstić information content (AvgIpc) is 3.73. The number of rotatable bonds is 7. The predicted octanol–water partition coefficient (Wildman–Crippen LogP) is 5.58. The van der Waals surface area contributed by atoms with Crippen molar-refractivity contribution in [3.8, 4) is 41.2 Å². The van der Waals surface area contributed by atoms with Gasteiger partial charge in [0.2, 0.25) is 5.88 Å². The third-order valence-corrected chi connectivity index (χ3v) is 10.8. The van der Waals surface area contributed by atoms with E-state index in [4.69, 9.17) is 25.6 Å². The maximum Gasteiger partial charge on any atom is 0.410 e. The van der Waals surface area contributed by atoms with Gasteiger partial charge in [0.05, 0.1) is 36.9 Å². The summed E-state index contributed by atoms with van der Waals surface area (Å²) in [4.78, 5) is 32.7. The number of carbonyl (C=O) groups is 1. The zero-order valence-corrected chi connectivity index (χ0v) is 28.3. The number of benzene rings is 2. The van der Waals surface area contributed by atoms with Crippen LogP contribution in [0.3, 0.4) is 0 Å². The number of ether oxygens (including phenoxy) is 3. The highest BCUT2D eigenvalue weighted by Crippen LogP contribution is 2.44. The molecule has 11 nitrogen and oxygen atoms in total. The number of phenols is 1. The van der Waals surface area contributed by atoms with Crippen LogP contribution in [0, 0.1) is 24.0 Å². The minimum Gasteiger partial charge on any atom is -0.508 e. The number of halogens is 3. The number of methoxy groups -OCH3 is 1. The molecule has 4 aliphatic rings. The number of hydrogen-bond donors (Lipinski definition) is 1. The Morgan fingerprint density at radius 1 is 1.12 bits per heavy atom. The maximum atomic E-state index is 17.2. The molecule has 0 spiro atoms. The molecule has 0 aliphatic carbocycles. The van der Waals surface area contributed by atoms with Gasteiger partial charge < -0.3 is 24.2 Å². The van der Waals surface area contributed by atoms with E-state index in [1.165, 1.54) is 31.4 Å². The Hall–Kier alpha value is -5.03. The summed E-state index contributed by atoms with van der Waals surface area (Å²) in [5.74, 6) is 0.846. The van der Waals surface area contributed by atoms with E-state index in [0.29, 0.717) is 37.3 Å². The van der Waals surface area contributed by atoms with Gasteiger partial charge in [-0.15, -0.1) is 6.42 Å². The van der Waals surface area contributed by atoms with Gasteiger partial charge in [-0.05, 0) is 62.7 Å².